The van der Waals surface area contributed by atoms with Crippen LogP contribution in [0.1, 0.15) is 58.3 Å². The van der Waals surface area contributed by atoms with Gasteiger partial charge in [-0.3, -0.25) is 4.90 Å². The summed E-state index contributed by atoms with van der Waals surface area (Å²) < 4.78 is 0. The Kier molecular flexibility index (Phi) is 8.89. The first kappa shape index (κ1) is 15.5. The first-order chi connectivity index (χ1) is 8.88. The Morgan fingerprint density at radius 1 is 1.06 bits per heavy atom. The fourth-order valence-corrected chi connectivity index (χ4v) is 2.62. The van der Waals surface area contributed by atoms with Crippen molar-refractivity contribution in [2.75, 3.05) is 26.2 Å². The number of rotatable bonds is 9. The zero-order valence-corrected chi connectivity index (χ0v) is 12.0. The van der Waals surface area contributed by atoms with Crippen LogP contribution in [0.25, 0.3) is 0 Å². The van der Waals surface area contributed by atoms with Gasteiger partial charge >= 0.3 is 0 Å². The van der Waals surface area contributed by atoms with Crippen molar-refractivity contribution < 1.29 is 0 Å². The summed E-state index contributed by atoms with van der Waals surface area (Å²) in [7, 11) is 0. The van der Waals surface area contributed by atoms with E-state index >= 15 is 0 Å². The van der Waals surface area contributed by atoms with Crippen molar-refractivity contribution in [2.45, 2.75) is 64.3 Å². The Labute approximate surface area is 113 Å². The molecule has 1 N–H and O–H groups in total. The van der Waals surface area contributed by atoms with Crippen LogP contribution in [-0.2, 0) is 0 Å². The van der Waals surface area contributed by atoms with E-state index in [0.29, 0.717) is 0 Å². The first-order valence-electron chi connectivity index (χ1n) is 7.73. The van der Waals surface area contributed by atoms with Gasteiger partial charge < -0.3 is 5.32 Å². The number of piperazine rings is 1. The van der Waals surface area contributed by atoms with E-state index in [1.165, 1.54) is 44.9 Å². The SMILES string of the molecule is CCCCCCCCCC(C#N)N1CCNCC1. The van der Waals surface area contributed by atoms with Gasteiger partial charge in [0.15, 0.2) is 0 Å². The summed E-state index contributed by atoms with van der Waals surface area (Å²) >= 11 is 0. The van der Waals surface area contributed by atoms with Crippen LogP contribution >= 0.6 is 0 Å². The molecule has 0 aliphatic carbocycles. The second kappa shape index (κ2) is 10.3. The Hall–Kier alpha value is -0.590. The molecule has 1 aliphatic heterocycles. The second-order valence-electron chi connectivity index (χ2n) is 5.34. The van der Waals surface area contributed by atoms with E-state index in [1.54, 1.807) is 0 Å². The lowest BCUT2D eigenvalue weighted by atomic mass is 10.0. The van der Waals surface area contributed by atoms with E-state index in [1.807, 2.05) is 0 Å². The predicted octanol–water partition coefficient (Wildman–Crippen LogP) is 2.92. The van der Waals surface area contributed by atoms with Crippen molar-refractivity contribution in [2.24, 2.45) is 0 Å². The third-order valence-corrected chi connectivity index (χ3v) is 3.82. The summed E-state index contributed by atoms with van der Waals surface area (Å²) in [5.41, 5.74) is 0. The van der Waals surface area contributed by atoms with Gasteiger partial charge in [0.25, 0.3) is 0 Å². The molecule has 1 saturated heterocycles. The van der Waals surface area contributed by atoms with Gasteiger partial charge in [-0.05, 0) is 6.42 Å². The fraction of sp³-hybridized carbons (Fsp3) is 0.933. The molecule has 3 nitrogen and oxygen atoms in total. The van der Waals surface area contributed by atoms with E-state index in [2.05, 4.69) is 23.2 Å². The molecule has 3 heteroatoms. The van der Waals surface area contributed by atoms with Crippen LogP contribution in [0.15, 0.2) is 0 Å². The van der Waals surface area contributed by atoms with Crippen molar-refractivity contribution >= 4 is 0 Å². The Balaban J connectivity index is 2.03. The first-order valence-corrected chi connectivity index (χ1v) is 7.73. The van der Waals surface area contributed by atoms with Crippen LogP contribution < -0.4 is 5.32 Å². The van der Waals surface area contributed by atoms with Gasteiger partial charge in [0.1, 0.15) is 0 Å². The molecule has 0 aromatic carbocycles. The van der Waals surface area contributed by atoms with Crippen LogP contribution in [-0.4, -0.2) is 37.1 Å². The Morgan fingerprint density at radius 2 is 1.67 bits per heavy atom. The number of nitriles is 1. The highest BCUT2D eigenvalue weighted by Crippen LogP contribution is 2.13. The number of hydrogen-bond acceptors (Lipinski definition) is 3. The molecule has 0 radical (unpaired) electrons. The van der Waals surface area contributed by atoms with Crippen LogP contribution in [0, 0.1) is 11.3 Å². The van der Waals surface area contributed by atoms with Gasteiger partial charge in [-0.1, -0.05) is 51.9 Å². The highest BCUT2D eigenvalue weighted by molar-refractivity contribution is 4.93. The van der Waals surface area contributed by atoms with Gasteiger partial charge in [-0.15, -0.1) is 0 Å². The van der Waals surface area contributed by atoms with Crippen molar-refractivity contribution in [3.8, 4) is 6.07 Å². The van der Waals surface area contributed by atoms with Crippen LogP contribution in [0.2, 0.25) is 0 Å². The highest BCUT2D eigenvalue weighted by Gasteiger charge is 2.19. The lowest BCUT2D eigenvalue weighted by Crippen LogP contribution is -2.47. The molecule has 1 atom stereocenters. The van der Waals surface area contributed by atoms with E-state index in [4.69, 9.17) is 0 Å². The van der Waals surface area contributed by atoms with Gasteiger partial charge in [-0.2, -0.15) is 5.26 Å². The predicted molar refractivity (Wildman–Crippen MR) is 76.5 cm³/mol. The van der Waals surface area contributed by atoms with Gasteiger partial charge in [0.2, 0.25) is 0 Å². The fourth-order valence-electron chi connectivity index (χ4n) is 2.62. The molecule has 1 unspecified atom stereocenters. The van der Waals surface area contributed by atoms with Gasteiger partial charge in [0.05, 0.1) is 12.1 Å². The minimum absolute atomic E-state index is 0.155. The molecule has 0 bridgehead atoms. The largest absolute Gasteiger partial charge is 0.314 e. The monoisotopic (exact) mass is 251 g/mol. The molecule has 0 saturated carbocycles. The summed E-state index contributed by atoms with van der Waals surface area (Å²) in [4.78, 5) is 2.34. The lowest BCUT2D eigenvalue weighted by Gasteiger charge is -2.31. The maximum atomic E-state index is 9.24. The van der Waals surface area contributed by atoms with Crippen molar-refractivity contribution in [1.82, 2.24) is 10.2 Å². The molecule has 0 amide bonds. The third-order valence-electron chi connectivity index (χ3n) is 3.82. The van der Waals surface area contributed by atoms with Crippen molar-refractivity contribution in [3.63, 3.8) is 0 Å². The molecule has 1 rings (SSSR count). The standard InChI is InChI=1S/C15H29N3/c1-2-3-4-5-6-7-8-9-15(14-16)18-12-10-17-11-13-18/h15,17H,2-13H2,1H3. The molecule has 0 aromatic heterocycles. The summed E-state index contributed by atoms with van der Waals surface area (Å²) in [5.74, 6) is 0. The lowest BCUT2D eigenvalue weighted by molar-refractivity contribution is 0.196. The molecule has 1 aliphatic rings. The number of unbranched alkanes of at least 4 members (excludes halogenated alkanes) is 6. The molecule has 0 spiro atoms. The molecule has 18 heavy (non-hydrogen) atoms. The Morgan fingerprint density at radius 3 is 2.28 bits per heavy atom. The summed E-state index contributed by atoms with van der Waals surface area (Å²) in [6.07, 6.45) is 10.4. The summed E-state index contributed by atoms with van der Waals surface area (Å²) in [5, 5.41) is 12.6. The minimum Gasteiger partial charge on any atom is -0.314 e. The highest BCUT2D eigenvalue weighted by atomic mass is 15.2. The van der Waals surface area contributed by atoms with Crippen LogP contribution in [0.3, 0.4) is 0 Å². The van der Waals surface area contributed by atoms with E-state index in [9.17, 15) is 5.26 Å². The zero-order chi connectivity index (χ0) is 13.1. The molecular weight excluding hydrogens is 222 g/mol. The molecule has 1 heterocycles. The maximum Gasteiger partial charge on any atom is 0.0978 e. The van der Waals surface area contributed by atoms with Crippen LogP contribution in [0.4, 0.5) is 0 Å². The van der Waals surface area contributed by atoms with Crippen LogP contribution in [0.5, 0.6) is 0 Å². The zero-order valence-electron chi connectivity index (χ0n) is 12.0. The summed E-state index contributed by atoms with van der Waals surface area (Å²) in [6.45, 7) is 6.40. The normalized spacial score (nSPS) is 18.4. The van der Waals surface area contributed by atoms with Crippen molar-refractivity contribution in [3.05, 3.63) is 0 Å². The number of nitrogens with one attached hydrogen (secondary N) is 1. The van der Waals surface area contributed by atoms with Gasteiger partial charge in [-0.25, -0.2) is 0 Å². The van der Waals surface area contributed by atoms with E-state index < -0.39 is 0 Å². The molecular formula is C15H29N3. The summed E-state index contributed by atoms with van der Waals surface area (Å²) in [6, 6.07) is 2.64. The topological polar surface area (TPSA) is 39.1 Å². The number of hydrogen-bond donors (Lipinski definition) is 1. The smallest absolute Gasteiger partial charge is 0.0978 e. The van der Waals surface area contributed by atoms with E-state index in [0.717, 1.165) is 32.6 Å². The molecule has 104 valence electrons. The minimum atomic E-state index is 0.155. The quantitative estimate of drug-likeness (QED) is 0.640. The maximum absolute atomic E-state index is 9.24. The average molecular weight is 251 g/mol. The average Bonchev–Trinajstić information content (AvgIpc) is 2.43. The third kappa shape index (κ3) is 6.37. The van der Waals surface area contributed by atoms with Crippen molar-refractivity contribution in [1.29, 1.82) is 5.26 Å². The molecule has 0 aromatic rings. The Bertz CT molecular complexity index is 228. The number of nitrogens with zero attached hydrogens (tertiary/aromatic N) is 2. The second-order valence-corrected chi connectivity index (χ2v) is 5.34. The molecule has 1 fully saturated rings. The van der Waals surface area contributed by atoms with E-state index in [-0.39, 0.29) is 6.04 Å². The van der Waals surface area contributed by atoms with Gasteiger partial charge in [0, 0.05) is 26.2 Å².